The molecule has 1 aromatic carbocycles. The average molecular weight is 265 g/mol. The molecule has 94 valence electrons. The van der Waals surface area contributed by atoms with Crippen LogP contribution in [0.3, 0.4) is 0 Å². The second-order valence-electron chi connectivity index (χ2n) is 4.30. The van der Waals surface area contributed by atoms with Crippen molar-refractivity contribution in [1.82, 2.24) is 4.98 Å². The maximum Gasteiger partial charge on any atom is 0.208 e. The van der Waals surface area contributed by atoms with Crippen LogP contribution in [0.25, 0.3) is 10.9 Å². The summed E-state index contributed by atoms with van der Waals surface area (Å²) in [5, 5.41) is 0.855. The molecule has 1 aliphatic rings. The predicted molar refractivity (Wildman–Crippen MR) is 72.6 cm³/mol. The monoisotopic (exact) mass is 264 g/mol. The zero-order chi connectivity index (χ0) is 12.5. The van der Waals surface area contributed by atoms with E-state index in [0.29, 0.717) is 5.39 Å². The molecule has 0 unspecified atom stereocenters. The number of hydrogen-bond acceptors (Lipinski definition) is 3. The maximum absolute atomic E-state index is 12.0. The first-order valence-corrected chi connectivity index (χ1v) is 6.27. The lowest BCUT2D eigenvalue weighted by atomic mass is 10.1. The van der Waals surface area contributed by atoms with Crippen molar-refractivity contribution in [3.63, 3.8) is 0 Å². The Morgan fingerprint density at radius 2 is 2.06 bits per heavy atom. The third-order valence-corrected chi connectivity index (χ3v) is 3.48. The molecule has 0 radical (unpaired) electrons. The normalized spacial score (nSPS) is 16.2. The van der Waals surface area contributed by atoms with E-state index in [2.05, 4.69) is 9.88 Å². The van der Waals surface area contributed by atoms with Crippen LogP contribution < -0.4 is 10.3 Å². The van der Waals surface area contributed by atoms with E-state index >= 15 is 0 Å². The minimum Gasteiger partial charge on any atom is -0.378 e. The Balaban J connectivity index is 2.09. The molecule has 1 N–H and O–H groups in total. The topological polar surface area (TPSA) is 45.3 Å². The van der Waals surface area contributed by atoms with Crippen molar-refractivity contribution >= 4 is 28.2 Å². The summed E-state index contributed by atoms with van der Waals surface area (Å²) < 4.78 is 5.32. The number of pyridine rings is 1. The Morgan fingerprint density at radius 3 is 2.83 bits per heavy atom. The second-order valence-corrected chi connectivity index (χ2v) is 4.70. The van der Waals surface area contributed by atoms with Crippen LogP contribution in [0.4, 0.5) is 5.69 Å². The van der Waals surface area contributed by atoms with Crippen molar-refractivity contribution in [2.75, 3.05) is 31.2 Å². The van der Waals surface area contributed by atoms with Crippen molar-refractivity contribution < 1.29 is 4.74 Å². The van der Waals surface area contributed by atoms with Crippen LogP contribution >= 0.6 is 11.6 Å². The number of nitrogens with one attached hydrogen (secondary N) is 1. The molecule has 0 aliphatic carbocycles. The van der Waals surface area contributed by atoms with E-state index in [1.54, 1.807) is 0 Å². The number of aromatic nitrogens is 1. The quantitative estimate of drug-likeness (QED) is 0.857. The fourth-order valence-corrected chi connectivity index (χ4v) is 2.36. The van der Waals surface area contributed by atoms with E-state index in [4.69, 9.17) is 16.3 Å². The summed E-state index contributed by atoms with van der Waals surface area (Å²) in [5.74, 6) is 0. The number of rotatable bonds is 1. The van der Waals surface area contributed by atoms with Crippen LogP contribution in [-0.2, 0) is 4.74 Å². The van der Waals surface area contributed by atoms with Gasteiger partial charge in [-0.2, -0.15) is 0 Å². The van der Waals surface area contributed by atoms with Crippen molar-refractivity contribution in [2.24, 2.45) is 0 Å². The zero-order valence-electron chi connectivity index (χ0n) is 9.78. The summed E-state index contributed by atoms with van der Waals surface area (Å²) in [6.07, 6.45) is 1.53. The highest BCUT2D eigenvalue weighted by molar-refractivity contribution is 6.31. The molecule has 0 spiro atoms. The summed E-state index contributed by atoms with van der Waals surface area (Å²) >= 11 is 5.85. The molecular formula is C13H13ClN2O2. The number of halogens is 1. The van der Waals surface area contributed by atoms with Gasteiger partial charge in [-0.25, -0.2) is 0 Å². The number of aromatic amines is 1. The van der Waals surface area contributed by atoms with Crippen LogP contribution in [-0.4, -0.2) is 31.3 Å². The third-order valence-electron chi connectivity index (χ3n) is 3.20. The molecule has 0 atom stereocenters. The SMILES string of the molecule is O=c1c(Cl)c[nH]c2ccc(N3CCOCC3)cc12. The van der Waals surface area contributed by atoms with Gasteiger partial charge in [0, 0.05) is 35.9 Å². The minimum absolute atomic E-state index is 0.125. The number of H-pyrrole nitrogens is 1. The number of fused-ring (bicyclic) bond motifs is 1. The Kier molecular flexibility index (Phi) is 2.97. The van der Waals surface area contributed by atoms with Gasteiger partial charge in [-0.05, 0) is 18.2 Å². The van der Waals surface area contributed by atoms with Crippen LogP contribution in [0.1, 0.15) is 0 Å². The number of nitrogens with zero attached hydrogens (tertiary/aromatic N) is 1. The molecule has 1 saturated heterocycles. The van der Waals surface area contributed by atoms with Gasteiger partial charge in [-0.1, -0.05) is 11.6 Å². The molecule has 2 aromatic rings. The van der Waals surface area contributed by atoms with Crippen LogP contribution in [0.5, 0.6) is 0 Å². The fourth-order valence-electron chi connectivity index (χ4n) is 2.20. The number of morpholine rings is 1. The molecule has 2 heterocycles. The highest BCUT2D eigenvalue weighted by atomic mass is 35.5. The van der Waals surface area contributed by atoms with Crippen molar-refractivity contribution in [2.45, 2.75) is 0 Å². The molecule has 3 rings (SSSR count). The van der Waals surface area contributed by atoms with Gasteiger partial charge in [0.2, 0.25) is 5.43 Å². The predicted octanol–water partition coefficient (Wildman–Crippen LogP) is 2.02. The lowest BCUT2D eigenvalue weighted by Gasteiger charge is -2.28. The van der Waals surface area contributed by atoms with Crippen LogP contribution in [0, 0.1) is 0 Å². The minimum atomic E-state index is -0.125. The van der Waals surface area contributed by atoms with Crippen molar-refractivity contribution in [3.8, 4) is 0 Å². The van der Waals surface area contributed by atoms with Gasteiger partial charge in [-0.3, -0.25) is 4.79 Å². The van der Waals surface area contributed by atoms with Crippen molar-refractivity contribution in [3.05, 3.63) is 39.6 Å². The summed E-state index contributed by atoms with van der Waals surface area (Å²) in [6, 6.07) is 5.82. The van der Waals surface area contributed by atoms with Crippen LogP contribution in [0.15, 0.2) is 29.2 Å². The number of hydrogen-bond donors (Lipinski definition) is 1. The Hall–Kier alpha value is -1.52. The lowest BCUT2D eigenvalue weighted by Crippen LogP contribution is -2.36. The second kappa shape index (κ2) is 4.63. The van der Waals surface area contributed by atoms with Gasteiger partial charge in [0.15, 0.2) is 0 Å². The van der Waals surface area contributed by atoms with E-state index in [-0.39, 0.29) is 10.5 Å². The molecule has 5 heteroatoms. The Labute approximate surface area is 109 Å². The van der Waals surface area contributed by atoms with Crippen molar-refractivity contribution in [1.29, 1.82) is 0 Å². The molecule has 1 fully saturated rings. The Bertz CT molecular complexity index is 632. The standard InChI is InChI=1S/C13H13ClN2O2/c14-11-8-15-12-2-1-9(7-10(12)13(11)17)16-3-5-18-6-4-16/h1-2,7-8H,3-6H2,(H,15,17). The first-order valence-electron chi connectivity index (χ1n) is 5.89. The molecule has 18 heavy (non-hydrogen) atoms. The molecule has 0 bridgehead atoms. The van der Waals surface area contributed by atoms with Gasteiger partial charge in [0.05, 0.1) is 13.2 Å². The van der Waals surface area contributed by atoms with Gasteiger partial charge in [-0.15, -0.1) is 0 Å². The molecule has 4 nitrogen and oxygen atoms in total. The van der Waals surface area contributed by atoms with Gasteiger partial charge < -0.3 is 14.6 Å². The molecule has 1 aromatic heterocycles. The first-order chi connectivity index (χ1) is 8.75. The third kappa shape index (κ3) is 1.98. The summed E-state index contributed by atoms with van der Waals surface area (Å²) in [5.41, 5.74) is 1.72. The summed E-state index contributed by atoms with van der Waals surface area (Å²) in [6.45, 7) is 3.15. The van der Waals surface area contributed by atoms with E-state index in [0.717, 1.165) is 37.5 Å². The van der Waals surface area contributed by atoms with Gasteiger partial charge >= 0.3 is 0 Å². The number of anilines is 1. The summed E-state index contributed by atoms with van der Waals surface area (Å²) in [7, 11) is 0. The highest BCUT2D eigenvalue weighted by Crippen LogP contribution is 2.20. The lowest BCUT2D eigenvalue weighted by molar-refractivity contribution is 0.122. The van der Waals surface area contributed by atoms with Gasteiger partial charge in [0.25, 0.3) is 0 Å². The van der Waals surface area contributed by atoms with E-state index in [1.165, 1.54) is 6.20 Å². The molecule has 0 saturated carbocycles. The van der Waals surface area contributed by atoms with E-state index < -0.39 is 0 Å². The van der Waals surface area contributed by atoms with E-state index in [1.807, 2.05) is 18.2 Å². The molecule has 0 amide bonds. The smallest absolute Gasteiger partial charge is 0.208 e. The number of ether oxygens (including phenoxy) is 1. The first kappa shape index (κ1) is 11.6. The fraction of sp³-hybridized carbons (Fsp3) is 0.308. The Morgan fingerprint density at radius 1 is 1.28 bits per heavy atom. The number of benzene rings is 1. The summed E-state index contributed by atoms with van der Waals surface area (Å²) in [4.78, 5) is 17.2. The largest absolute Gasteiger partial charge is 0.378 e. The maximum atomic E-state index is 12.0. The highest BCUT2D eigenvalue weighted by Gasteiger charge is 2.12. The molecule has 1 aliphatic heterocycles. The van der Waals surface area contributed by atoms with E-state index in [9.17, 15) is 4.79 Å². The van der Waals surface area contributed by atoms with Gasteiger partial charge in [0.1, 0.15) is 5.02 Å². The van der Waals surface area contributed by atoms with Crippen LogP contribution in [0.2, 0.25) is 5.02 Å². The zero-order valence-corrected chi connectivity index (χ0v) is 10.5. The molecular weight excluding hydrogens is 252 g/mol. The average Bonchev–Trinajstić information content (AvgIpc) is 2.44.